The molecule has 3 fully saturated rings. The van der Waals surface area contributed by atoms with Gasteiger partial charge in [-0.2, -0.15) is 5.10 Å². The van der Waals surface area contributed by atoms with E-state index in [2.05, 4.69) is 14.7 Å². The van der Waals surface area contributed by atoms with E-state index < -0.39 is 0 Å². The van der Waals surface area contributed by atoms with Crippen LogP contribution in [0.3, 0.4) is 0 Å². The van der Waals surface area contributed by atoms with E-state index in [-0.39, 0.29) is 5.91 Å². The minimum atomic E-state index is 0.181. The van der Waals surface area contributed by atoms with E-state index in [1.165, 1.54) is 64.2 Å². The van der Waals surface area contributed by atoms with Crippen LogP contribution in [0.1, 0.15) is 87.2 Å². The Morgan fingerprint density at radius 1 is 0.957 bits per heavy atom. The average Bonchev–Trinajstić information content (AvgIpc) is 3.22. The Kier molecular flexibility index (Phi) is 4.41. The van der Waals surface area contributed by atoms with Gasteiger partial charge in [-0.1, -0.05) is 32.1 Å². The van der Waals surface area contributed by atoms with Gasteiger partial charge in [-0.05, 0) is 50.5 Å². The van der Waals surface area contributed by atoms with E-state index >= 15 is 0 Å². The second-order valence-electron chi connectivity index (χ2n) is 7.73. The second kappa shape index (κ2) is 6.66. The van der Waals surface area contributed by atoms with Crippen molar-refractivity contribution in [2.24, 2.45) is 5.92 Å². The lowest BCUT2D eigenvalue weighted by Gasteiger charge is -2.38. The summed E-state index contributed by atoms with van der Waals surface area (Å²) < 4.78 is 2.05. The maximum absolute atomic E-state index is 13.1. The highest BCUT2D eigenvalue weighted by Gasteiger charge is 2.35. The van der Waals surface area contributed by atoms with Crippen LogP contribution in [0.15, 0.2) is 12.3 Å². The molecule has 23 heavy (non-hydrogen) atoms. The van der Waals surface area contributed by atoms with Crippen LogP contribution < -0.4 is 0 Å². The SMILES string of the molecule is O=C(c1ccn(C2CCCC2)n1)N1CCCC[C@@H]2CCCC[C@@H]21. The molecule has 1 aromatic rings. The van der Waals surface area contributed by atoms with Crippen molar-refractivity contribution >= 4 is 5.91 Å². The van der Waals surface area contributed by atoms with Crippen LogP contribution in [0.25, 0.3) is 0 Å². The molecular formula is C19H29N3O. The average molecular weight is 315 g/mol. The lowest BCUT2D eigenvalue weighted by molar-refractivity contribution is 0.0562. The number of likely N-dealkylation sites (tertiary alicyclic amines) is 1. The first-order valence-corrected chi connectivity index (χ1v) is 9.69. The first-order chi connectivity index (χ1) is 11.3. The number of aromatic nitrogens is 2. The molecule has 1 saturated heterocycles. The molecule has 1 aliphatic heterocycles. The quantitative estimate of drug-likeness (QED) is 0.821. The molecule has 1 aromatic heterocycles. The molecule has 0 unspecified atom stereocenters. The van der Waals surface area contributed by atoms with E-state index in [9.17, 15) is 4.79 Å². The summed E-state index contributed by atoms with van der Waals surface area (Å²) >= 11 is 0. The van der Waals surface area contributed by atoms with Gasteiger partial charge in [-0.15, -0.1) is 0 Å². The highest BCUT2D eigenvalue weighted by molar-refractivity contribution is 5.92. The van der Waals surface area contributed by atoms with Gasteiger partial charge in [0.2, 0.25) is 0 Å². The van der Waals surface area contributed by atoms with E-state index in [0.29, 0.717) is 17.8 Å². The topological polar surface area (TPSA) is 38.1 Å². The minimum Gasteiger partial charge on any atom is -0.334 e. The van der Waals surface area contributed by atoms with Gasteiger partial charge >= 0.3 is 0 Å². The molecule has 0 spiro atoms. The molecule has 0 aromatic carbocycles. The van der Waals surface area contributed by atoms with Crippen molar-refractivity contribution in [3.8, 4) is 0 Å². The van der Waals surface area contributed by atoms with Crippen LogP contribution in [0.2, 0.25) is 0 Å². The molecule has 0 radical (unpaired) electrons. The molecule has 4 rings (SSSR count). The van der Waals surface area contributed by atoms with Crippen molar-refractivity contribution < 1.29 is 4.79 Å². The van der Waals surface area contributed by atoms with Crippen molar-refractivity contribution in [1.29, 1.82) is 0 Å². The monoisotopic (exact) mass is 315 g/mol. The zero-order valence-electron chi connectivity index (χ0n) is 14.1. The zero-order chi connectivity index (χ0) is 15.6. The van der Waals surface area contributed by atoms with E-state index in [1.807, 2.05) is 12.3 Å². The zero-order valence-corrected chi connectivity index (χ0v) is 14.1. The highest BCUT2D eigenvalue weighted by Crippen LogP contribution is 2.35. The van der Waals surface area contributed by atoms with E-state index in [4.69, 9.17) is 0 Å². The van der Waals surface area contributed by atoms with Gasteiger partial charge in [-0.3, -0.25) is 9.48 Å². The Balaban J connectivity index is 1.52. The summed E-state index contributed by atoms with van der Waals surface area (Å²) in [6.45, 7) is 0.927. The third kappa shape index (κ3) is 3.05. The third-order valence-corrected chi connectivity index (χ3v) is 6.28. The summed E-state index contributed by atoms with van der Waals surface area (Å²) in [6, 6.07) is 2.93. The maximum atomic E-state index is 13.1. The van der Waals surface area contributed by atoms with Crippen LogP contribution in [0, 0.1) is 5.92 Å². The minimum absolute atomic E-state index is 0.181. The predicted molar refractivity (Wildman–Crippen MR) is 90.4 cm³/mol. The molecule has 126 valence electrons. The highest BCUT2D eigenvalue weighted by atomic mass is 16.2. The van der Waals surface area contributed by atoms with Crippen molar-refractivity contribution in [3.63, 3.8) is 0 Å². The van der Waals surface area contributed by atoms with Gasteiger partial charge in [0, 0.05) is 18.8 Å². The largest absolute Gasteiger partial charge is 0.334 e. The molecule has 2 heterocycles. The number of fused-ring (bicyclic) bond motifs is 1. The van der Waals surface area contributed by atoms with E-state index in [1.54, 1.807) is 0 Å². The molecule has 2 aliphatic carbocycles. The molecule has 1 amide bonds. The number of nitrogens with zero attached hydrogens (tertiary/aromatic N) is 3. The summed E-state index contributed by atoms with van der Waals surface area (Å²) in [5.74, 6) is 0.910. The molecule has 0 bridgehead atoms. The standard InChI is InChI=1S/C19H29N3O/c23-19(17-12-14-22(20-17)16-9-2-3-10-16)21-13-6-5-8-15-7-1-4-11-18(15)21/h12,14-16,18H,1-11,13H2/t15-,18-/m0/s1. The Bertz CT molecular complexity index is 547. The summed E-state index contributed by atoms with van der Waals surface area (Å²) in [5, 5.41) is 4.66. The lowest BCUT2D eigenvalue weighted by atomic mass is 9.81. The van der Waals surface area contributed by atoms with Gasteiger partial charge in [-0.25, -0.2) is 0 Å². The lowest BCUT2D eigenvalue weighted by Crippen LogP contribution is -2.45. The predicted octanol–water partition coefficient (Wildman–Crippen LogP) is 4.18. The Morgan fingerprint density at radius 2 is 1.65 bits per heavy atom. The van der Waals surface area contributed by atoms with Gasteiger partial charge < -0.3 is 4.90 Å². The third-order valence-electron chi connectivity index (χ3n) is 6.28. The number of hydrogen-bond donors (Lipinski definition) is 0. The van der Waals surface area contributed by atoms with Crippen molar-refractivity contribution in [2.75, 3.05) is 6.54 Å². The maximum Gasteiger partial charge on any atom is 0.274 e. The normalized spacial score (nSPS) is 29.3. The van der Waals surface area contributed by atoms with Crippen LogP contribution >= 0.6 is 0 Å². The van der Waals surface area contributed by atoms with Gasteiger partial charge in [0.1, 0.15) is 5.69 Å². The van der Waals surface area contributed by atoms with Crippen LogP contribution in [-0.4, -0.2) is 33.2 Å². The molecule has 2 atom stereocenters. The number of amides is 1. The van der Waals surface area contributed by atoms with Gasteiger partial charge in [0.15, 0.2) is 0 Å². The summed E-state index contributed by atoms with van der Waals surface area (Å²) in [7, 11) is 0. The van der Waals surface area contributed by atoms with Crippen LogP contribution in [0.4, 0.5) is 0 Å². The molecule has 4 nitrogen and oxygen atoms in total. The van der Waals surface area contributed by atoms with E-state index in [0.717, 1.165) is 18.9 Å². The molecular weight excluding hydrogens is 286 g/mol. The summed E-state index contributed by atoms with van der Waals surface area (Å²) in [5.41, 5.74) is 0.670. The second-order valence-corrected chi connectivity index (χ2v) is 7.73. The van der Waals surface area contributed by atoms with Gasteiger partial charge in [0.05, 0.1) is 6.04 Å². The first kappa shape index (κ1) is 15.2. The summed E-state index contributed by atoms with van der Waals surface area (Å²) in [4.78, 5) is 15.3. The van der Waals surface area contributed by atoms with Crippen molar-refractivity contribution in [2.45, 2.75) is 82.7 Å². The fourth-order valence-electron chi connectivity index (χ4n) is 5.01. The number of rotatable bonds is 2. The number of carbonyl (C=O) groups excluding carboxylic acids is 1. The molecule has 4 heteroatoms. The molecule has 0 N–H and O–H groups in total. The van der Waals surface area contributed by atoms with Crippen molar-refractivity contribution in [3.05, 3.63) is 18.0 Å². The number of hydrogen-bond acceptors (Lipinski definition) is 2. The fourth-order valence-corrected chi connectivity index (χ4v) is 5.01. The fraction of sp³-hybridized carbons (Fsp3) is 0.789. The molecule has 3 aliphatic rings. The Morgan fingerprint density at radius 3 is 2.48 bits per heavy atom. The van der Waals surface area contributed by atoms with Gasteiger partial charge in [0.25, 0.3) is 5.91 Å². The number of carbonyl (C=O) groups is 1. The first-order valence-electron chi connectivity index (χ1n) is 9.69. The molecule has 2 saturated carbocycles. The Labute approximate surface area is 139 Å². The smallest absolute Gasteiger partial charge is 0.274 e. The van der Waals surface area contributed by atoms with Crippen LogP contribution in [0.5, 0.6) is 0 Å². The Hall–Kier alpha value is -1.32. The van der Waals surface area contributed by atoms with Crippen molar-refractivity contribution in [1.82, 2.24) is 14.7 Å². The summed E-state index contributed by atoms with van der Waals surface area (Å²) in [6.07, 6.45) is 15.9. The van der Waals surface area contributed by atoms with Crippen LogP contribution in [-0.2, 0) is 0 Å².